The van der Waals surface area contributed by atoms with E-state index in [1.165, 1.54) is 0 Å². The van der Waals surface area contributed by atoms with Crippen molar-refractivity contribution in [2.75, 3.05) is 40.3 Å². The molecule has 0 rings (SSSR count). The van der Waals surface area contributed by atoms with E-state index >= 15 is 0 Å². The van der Waals surface area contributed by atoms with Gasteiger partial charge in [-0.2, -0.15) is 0 Å². The van der Waals surface area contributed by atoms with E-state index in [1.54, 1.807) is 0 Å². The van der Waals surface area contributed by atoms with Gasteiger partial charge in [0.05, 0.1) is 0 Å². The molecule has 0 aromatic carbocycles. The SMILES string of the molecule is CN(C)CC(C)(C)CNCCNC(C)(C)C. The standard InChI is InChI=1S/C13H31N3/c1-12(2,3)15-9-8-14-10-13(4,5)11-16(6)7/h14-15H,8-11H2,1-7H3. The van der Waals surface area contributed by atoms with Crippen LogP contribution in [0, 0.1) is 5.41 Å². The maximum Gasteiger partial charge on any atom is 0.00970 e. The van der Waals surface area contributed by atoms with Crippen LogP contribution in [0.5, 0.6) is 0 Å². The number of rotatable bonds is 7. The summed E-state index contributed by atoms with van der Waals surface area (Å²) >= 11 is 0. The van der Waals surface area contributed by atoms with Crippen molar-refractivity contribution >= 4 is 0 Å². The van der Waals surface area contributed by atoms with Crippen molar-refractivity contribution in [3.63, 3.8) is 0 Å². The largest absolute Gasteiger partial charge is 0.315 e. The third kappa shape index (κ3) is 10.4. The highest BCUT2D eigenvalue weighted by molar-refractivity contribution is 4.75. The lowest BCUT2D eigenvalue weighted by atomic mass is 9.93. The van der Waals surface area contributed by atoms with E-state index in [2.05, 4.69) is 64.2 Å². The summed E-state index contributed by atoms with van der Waals surface area (Å²) in [4.78, 5) is 2.25. The molecule has 0 aliphatic heterocycles. The molecule has 0 heterocycles. The van der Waals surface area contributed by atoms with E-state index in [0.717, 1.165) is 26.2 Å². The van der Waals surface area contributed by atoms with Gasteiger partial charge in [-0.15, -0.1) is 0 Å². The lowest BCUT2D eigenvalue weighted by molar-refractivity contribution is 0.232. The lowest BCUT2D eigenvalue weighted by Gasteiger charge is -2.29. The van der Waals surface area contributed by atoms with Gasteiger partial charge in [0.15, 0.2) is 0 Å². The monoisotopic (exact) mass is 229 g/mol. The summed E-state index contributed by atoms with van der Waals surface area (Å²) in [6, 6.07) is 0. The van der Waals surface area contributed by atoms with Crippen molar-refractivity contribution in [2.45, 2.75) is 40.2 Å². The summed E-state index contributed by atoms with van der Waals surface area (Å²) in [6.07, 6.45) is 0. The molecule has 0 bridgehead atoms. The minimum absolute atomic E-state index is 0.223. The summed E-state index contributed by atoms with van der Waals surface area (Å²) in [5.41, 5.74) is 0.562. The van der Waals surface area contributed by atoms with Gasteiger partial charge in [0.25, 0.3) is 0 Å². The van der Waals surface area contributed by atoms with Gasteiger partial charge in [-0.05, 0) is 40.3 Å². The molecule has 0 unspecified atom stereocenters. The third-order valence-corrected chi connectivity index (χ3v) is 2.30. The second-order valence-electron chi connectivity index (χ2n) is 6.76. The van der Waals surface area contributed by atoms with Crippen LogP contribution in [0.1, 0.15) is 34.6 Å². The number of nitrogens with one attached hydrogen (secondary N) is 2. The first-order valence-corrected chi connectivity index (χ1v) is 6.23. The van der Waals surface area contributed by atoms with Crippen LogP contribution < -0.4 is 10.6 Å². The zero-order valence-corrected chi connectivity index (χ0v) is 12.3. The minimum atomic E-state index is 0.223. The van der Waals surface area contributed by atoms with Crippen LogP contribution in [0.25, 0.3) is 0 Å². The summed E-state index contributed by atoms with van der Waals surface area (Å²) in [7, 11) is 4.26. The maximum absolute atomic E-state index is 3.51. The van der Waals surface area contributed by atoms with Gasteiger partial charge in [0, 0.05) is 31.7 Å². The fourth-order valence-electron chi connectivity index (χ4n) is 1.86. The Morgan fingerprint density at radius 3 is 1.94 bits per heavy atom. The molecule has 3 heteroatoms. The zero-order valence-electron chi connectivity index (χ0n) is 12.3. The lowest BCUT2D eigenvalue weighted by Crippen LogP contribution is -2.43. The van der Waals surface area contributed by atoms with Crippen molar-refractivity contribution in [1.82, 2.24) is 15.5 Å². The molecule has 0 saturated carbocycles. The highest BCUT2D eigenvalue weighted by Gasteiger charge is 2.18. The van der Waals surface area contributed by atoms with Gasteiger partial charge in [0.2, 0.25) is 0 Å². The average Bonchev–Trinajstić information content (AvgIpc) is 1.98. The Labute approximate surface area is 102 Å². The first-order valence-electron chi connectivity index (χ1n) is 6.23. The van der Waals surface area contributed by atoms with E-state index in [-0.39, 0.29) is 5.54 Å². The molecule has 0 spiro atoms. The molecule has 0 amide bonds. The van der Waals surface area contributed by atoms with E-state index < -0.39 is 0 Å². The Morgan fingerprint density at radius 1 is 0.938 bits per heavy atom. The molecule has 3 nitrogen and oxygen atoms in total. The summed E-state index contributed by atoms with van der Waals surface area (Å²) in [5, 5.41) is 6.99. The van der Waals surface area contributed by atoms with Crippen LogP contribution in [0.4, 0.5) is 0 Å². The molecule has 0 radical (unpaired) electrons. The van der Waals surface area contributed by atoms with Crippen molar-refractivity contribution in [3.05, 3.63) is 0 Å². The number of nitrogens with zero attached hydrogens (tertiary/aromatic N) is 1. The molecule has 2 N–H and O–H groups in total. The van der Waals surface area contributed by atoms with E-state index in [0.29, 0.717) is 5.41 Å². The van der Waals surface area contributed by atoms with Crippen LogP contribution >= 0.6 is 0 Å². The minimum Gasteiger partial charge on any atom is -0.315 e. The van der Waals surface area contributed by atoms with Crippen LogP contribution in [0.2, 0.25) is 0 Å². The van der Waals surface area contributed by atoms with Gasteiger partial charge in [-0.25, -0.2) is 0 Å². The van der Waals surface area contributed by atoms with Crippen LogP contribution in [0.3, 0.4) is 0 Å². The summed E-state index contributed by atoms with van der Waals surface area (Å²) in [5.74, 6) is 0. The maximum atomic E-state index is 3.51. The van der Waals surface area contributed by atoms with Crippen molar-refractivity contribution < 1.29 is 0 Å². The van der Waals surface area contributed by atoms with E-state index in [1.807, 2.05) is 0 Å². The number of hydrogen-bond donors (Lipinski definition) is 2. The molecular weight excluding hydrogens is 198 g/mol. The smallest absolute Gasteiger partial charge is 0.00970 e. The van der Waals surface area contributed by atoms with Crippen LogP contribution in [-0.2, 0) is 0 Å². The van der Waals surface area contributed by atoms with Crippen molar-refractivity contribution in [2.24, 2.45) is 5.41 Å². The van der Waals surface area contributed by atoms with Crippen molar-refractivity contribution in [1.29, 1.82) is 0 Å². The Bertz CT molecular complexity index is 180. The molecule has 0 atom stereocenters. The average molecular weight is 229 g/mol. The predicted octanol–water partition coefficient (Wildman–Crippen LogP) is 1.55. The summed E-state index contributed by atoms with van der Waals surface area (Å²) in [6.45, 7) is 15.4. The second-order valence-corrected chi connectivity index (χ2v) is 6.76. The zero-order chi connectivity index (χ0) is 12.8. The molecule has 0 saturated heterocycles. The molecule has 98 valence electrons. The first kappa shape index (κ1) is 15.9. The van der Waals surface area contributed by atoms with Gasteiger partial charge in [-0.3, -0.25) is 0 Å². The predicted molar refractivity (Wildman–Crippen MR) is 73.0 cm³/mol. The summed E-state index contributed by atoms with van der Waals surface area (Å²) < 4.78 is 0. The quantitative estimate of drug-likeness (QED) is 0.649. The van der Waals surface area contributed by atoms with Crippen LogP contribution in [-0.4, -0.2) is 50.7 Å². The van der Waals surface area contributed by atoms with Gasteiger partial charge < -0.3 is 15.5 Å². The molecule has 0 fully saturated rings. The fourth-order valence-corrected chi connectivity index (χ4v) is 1.86. The van der Waals surface area contributed by atoms with E-state index in [4.69, 9.17) is 0 Å². The Morgan fingerprint density at radius 2 is 1.50 bits per heavy atom. The highest BCUT2D eigenvalue weighted by atomic mass is 15.1. The highest BCUT2D eigenvalue weighted by Crippen LogP contribution is 2.13. The molecular formula is C13H31N3. The Kier molecular flexibility index (Phi) is 6.53. The van der Waals surface area contributed by atoms with Crippen LogP contribution in [0.15, 0.2) is 0 Å². The Balaban J connectivity index is 3.58. The Hall–Kier alpha value is -0.120. The molecule has 0 aliphatic rings. The topological polar surface area (TPSA) is 27.3 Å². The van der Waals surface area contributed by atoms with Gasteiger partial charge in [0.1, 0.15) is 0 Å². The first-order chi connectivity index (χ1) is 7.12. The molecule has 0 aromatic heterocycles. The normalized spacial score (nSPS) is 13.5. The van der Waals surface area contributed by atoms with Gasteiger partial charge >= 0.3 is 0 Å². The second kappa shape index (κ2) is 6.58. The molecule has 0 aliphatic carbocycles. The van der Waals surface area contributed by atoms with Crippen molar-refractivity contribution in [3.8, 4) is 0 Å². The van der Waals surface area contributed by atoms with Gasteiger partial charge in [-0.1, -0.05) is 13.8 Å². The third-order valence-electron chi connectivity index (χ3n) is 2.30. The number of hydrogen-bond acceptors (Lipinski definition) is 3. The fraction of sp³-hybridized carbons (Fsp3) is 1.00. The molecule has 0 aromatic rings. The van der Waals surface area contributed by atoms with E-state index in [9.17, 15) is 0 Å². The molecule has 16 heavy (non-hydrogen) atoms.